The van der Waals surface area contributed by atoms with Crippen LogP contribution in [0, 0.1) is 0 Å². The summed E-state index contributed by atoms with van der Waals surface area (Å²) in [5.41, 5.74) is 0.267. The number of carbonyl (C=O) groups is 2. The highest BCUT2D eigenvalue weighted by atomic mass is 16.6. The molecular weight excluding hydrogens is 334 g/mol. The highest BCUT2D eigenvalue weighted by molar-refractivity contribution is 5.90. The molecule has 0 radical (unpaired) electrons. The van der Waals surface area contributed by atoms with E-state index in [1.165, 1.54) is 0 Å². The normalized spacial score (nSPS) is 11.0. The smallest absolute Gasteiger partial charge is 0.407 e. The fraction of sp³-hybridized carbons (Fsp3) is 0.444. The third-order valence-electron chi connectivity index (χ3n) is 3.29. The summed E-state index contributed by atoms with van der Waals surface area (Å²) in [6.45, 7) is 6.45. The number of aromatic nitrogens is 2. The second-order valence-electron chi connectivity index (χ2n) is 6.78. The van der Waals surface area contributed by atoms with E-state index in [2.05, 4.69) is 25.9 Å². The molecule has 8 nitrogen and oxygen atoms in total. The van der Waals surface area contributed by atoms with Gasteiger partial charge in [0.05, 0.1) is 5.52 Å². The van der Waals surface area contributed by atoms with Crippen molar-refractivity contribution in [2.45, 2.75) is 39.2 Å². The molecule has 0 aliphatic carbocycles. The largest absolute Gasteiger partial charge is 0.444 e. The summed E-state index contributed by atoms with van der Waals surface area (Å²) in [6, 6.07) is 5.06. The Morgan fingerprint density at radius 3 is 2.54 bits per heavy atom. The second kappa shape index (κ2) is 8.98. The Morgan fingerprint density at radius 1 is 1.08 bits per heavy atom. The number of pyridine rings is 2. The number of anilines is 1. The Labute approximate surface area is 152 Å². The fourth-order valence-corrected chi connectivity index (χ4v) is 2.15. The Bertz CT molecular complexity index is 758. The summed E-state index contributed by atoms with van der Waals surface area (Å²) >= 11 is 0. The molecular formula is C18H25N5O3. The van der Waals surface area contributed by atoms with Gasteiger partial charge in [0, 0.05) is 30.9 Å². The molecule has 2 aromatic rings. The number of urea groups is 1. The molecule has 0 fully saturated rings. The van der Waals surface area contributed by atoms with Crippen LogP contribution in [0.4, 0.5) is 15.4 Å². The standard InChI is InChI=1S/C18H25N5O3/c1-18(2,3)26-17(25)21-10-5-4-9-20-16(24)23-15-7-6-13-12-19-11-8-14(13)22-15/h6-8,11-12H,4-5,9-10H2,1-3H3,(H,21,25)(H2,20,22,23,24). The van der Waals surface area contributed by atoms with E-state index >= 15 is 0 Å². The highest BCUT2D eigenvalue weighted by Gasteiger charge is 2.15. The minimum atomic E-state index is -0.503. The van der Waals surface area contributed by atoms with Gasteiger partial charge in [0.15, 0.2) is 0 Å². The monoisotopic (exact) mass is 359 g/mol. The van der Waals surface area contributed by atoms with Gasteiger partial charge in [-0.05, 0) is 51.8 Å². The third-order valence-corrected chi connectivity index (χ3v) is 3.29. The number of nitrogens with zero attached hydrogens (tertiary/aromatic N) is 2. The maximum absolute atomic E-state index is 11.9. The minimum Gasteiger partial charge on any atom is -0.444 e. The number of alkyl carbamates (subject to hydrolysis) is 1. The first-order valence-corrected chi connectivity index (χ1v) is 8.56. The van der Waals surface area contributed by atoms with Crippen LogP contribution in [-0.4, -0.2) is 40.8 Å². The van der Waals surface area contributed by atoms with E-state index in [4.69, 9.17) is 4.74 Å². The molecule has 0 saturated carbocycles. The van der Waals surface area contributed by atoms with Crippen molar-refractivity contribution in [1.82, 2.24) is 20.6 Å². The summed E-state index contributed by atoms with van der Waals surface area (Å²) in [7, 11) is 0. The number of ether oxygens (including phenoxy) is 1. The molecule has 0 unspecified atom stereocenters. The SMILES string of the molecule is CC(C)(C)OC(=O)NCCCCNC(=O)Nc1ccc2cnccc2n1. The van der Waals surface area contributed by atoms with Crippen molar-refractivity contribution in [3.8, 4) is 0 Å². The number of hydrogen-bond acceptors (Lipinski definition) is 5. The predicted molar refractivity (Wildman–Crippen MR) is 100 cm³/mol. The Balaban J connectivity index is 1.62. The van der Waals surface area contributed by atoms with Crippen LogP contribution in [0.5, 0.6) is 0 Å². The van der Waals surface area contributed by atoms with Gasteiger partial charge in [0.1, 0.15) is 11.4 Å². The number of rotatable bonds is 6. The Morgan fingerprint density at radius 2 is 1.81 bits per heavy atom. The quantitative estimate of drug-likeness (QED) is 0.688. The predicted octanol–water partition coefficient (Wildman–Crippen LogP) is 3.06. The van der Waals surface area contributed by atoms with Gasteiger partial charge in [-0.2, -0.15) is 0 Å². The van der Waals surface area contributed by atoms with Crippen LogP contribution >= 0.6 is 0 Å². The first-order chi connectivity index (χ1) is 12.3. The topological polar surface area (TPSA) is 105 Å². The summed E-state index contributed by atoms with van der Waals surface area (Å²) in [6.07, 6.45) is 4.42. The fourth-order valence-electron chi connectivity index (χ4n) is 2.15. The van der Waals surface area contributed by atoms with Crippen molar-refractivity contribution in [2.75, 3.05) is 18.4 Å². The summed E-state index contributed by atoms with van der Waals surface area (Å²) in [4.78, 5) is 31.7. The van der Waals surface area contributed by atoms with Crippen LogP contribution in [0.2, 0.25) is 0 Å². The zero-order valence-corrected chi connectivity index (χ0v) is 15.3. The van der Waals surface area contributed by atoms with Gasteiger partial charge in [0.25, 0.3) is 0 Å². The van der Waals surface area contributed by atoms with Crippen LogP contribution in [0.15, 0.2) is 30.6 Å². The summed E-state index contributed by atoms with van der Waals surface area (Å²) in [5, 5.41) is 9.05. The Hall–Kier alpha value is -2.90. The lowest BCUT2D eigenvalue weighted by atomic mass is 10.2. The van der Waals surface area contributed by atoms with Gasteiger partial charge in [-0.25, -0.2) is 14.6 Å². The Kier molecular flexibility index (Phi) is 6.71. The first-order valence-electron chi connectivity index (χ1n) is 8.56. The van der Waals surface area contributed by atoms with Gasteiger partial charge < -0.3 is 15.4 Å². The number of unbranched alkanes of at least 4 members (excludes halogenated alkanes) is 1. The first kappa shape index (κ1) is 19.4. The van der Waals surface area contributed by atoms with Gasteiger partial charge in [-0.1, -0.05) is 0 Å². The van der Waals surface area contributed by atoms with Crippen LogP contribution in [0.3, 0.4) is 0 Å². The molecule has 0 saturated heterocycles. The van der Waals surface area contributed by atoms with Crippen molar-refractivity contribution in [3.05, 3.63) is 30.6 Å². The lowest BCUT2D eigenvalue weighted by Crippen LogP contribution is -2.33. The molecule has 0 aromatic carbocycles. The molecule has 0 atom stereocenters. The molecule has 26 heavy (non-hydrogen) atoms. The average molecular weight is 359 g/mol. The van der Waals surface area contributed by atoms with E-state index in [0.29, 0.717) is 18.9 Å². The molecule has 0 aliphatic rings. The number of hydrogen-bond donors (Lipinski definition) is 3. The molecule has 3 amide bonds. The maximum Gasteiger partial charge on any atom is 0.407 e. The maximum atomic E-state index is 11.9. The molecule has 140 valence electrons. The van der Waals surface area contributed by atoms with Crippen molar-refractivity contribution in [3.63, 3.8) is 0 Å². The number of nitrogens with one attached hydrogen (secondary N) is 3. The van der Waals surface area contributed by atoms with E-state index in [1.54, 1.807) is 24.5 Å². The van der Waals surface area contributed by atoms with Crippen molar-refractivity contribution in [2.24, 2.45) is 0 Å². The van der Waals surface area contributed by atoms with Gasteiger partial charge in [-0.15, -0.1) is 0 Å². The molecule has 2 aromatic heterocycles. The molecule has 2 heterocycles. The zero-order valence-electron chi connectivity index (χ0n) is 15.3. The molecule has 0 bridgehead atoms. The molecule has 3 N–H and O–H groups in total. The lowest BCUT2D eigenvalue weighted by molar-refractivity contribution is 0.0527. The van der Waals surface area contributed by atoms with Crippen LogP contribution in [0.25, 0.3) is 10.9 Å². The van der Waals surface area contributed by atoms with Crippen molar-refractivity contribution >= 4 is 28.8 Å². The van der Waals surface area contributed by atoms with Crippen LogP contribution in [-0.2, 0) is 4.74 Å². The highest BCUT2D eigenvalue weighted by Crippen LogP contribution is 2.13. The van der Waals surface area contributed by atoms with E-state index in [9.17, 15) is 9.59 Å². The molecule has 0 spiro atoms. The number of amides is 3. The van der Waals surface area contributed by atoms with E-state index in [-0.39, 0.29) is 6.03 Å². The summed E-state index contributed by atoms with van der Waals surface area (Å²) < 4.78 is 5.14. The van der Waals surface area contributed by atoms with E-state index < -0.39 is 11.7 Å². The van der Waals surface area contributed by atoms with E-state index in [0.717, 1.165) is 23.7 Å². The van der Waals surface area contributed by atoms with Crippen LogP contribution < -0.4 is 16.0 Å². The van der Waals surface area contributed by atoms with Crippen LogP contribution in [0.1, 0.15) is 33.6 Å². The summed E-state index contributed by atoms with van der Waals surface area (Å²) in [5.74, 6) is 0.479. The lowest BCUT2D eigenvalue weighted by Gasteiger charge is -2.19. The van der Waals surface area contributed by atoms with Crippen molar-refractivity contribution < 1.29 is 14.3 Å². The van der Waals surface area contributed by atoms with Gasteiger partial charge in [0.2, 0.25) is 0 Å². The molecule has 8 heteroatoms. The molecule has 0 aliphatic heterocycles. The van der Waals surface area contributed by atoms with Crippen molar-refractivity contribution in [1.29, 1.82) is 0 Å². The number of fused-ring (bicyclic) bond motifs is 1. The average Bonchev–Trinajstić information content (AvgIpc) is 2.56. The van der Waals surface area contributed by atoms with Gasteiger partial charge >= 0.3 is 12.1 Å². The minimum absolute atomic E-state index is 0.314. The molecule has 2 rings (SSSR count). The second-order valence-corrected chi connectivity index (χ2v) is 6.78. The van der Waals surface area contributed by atoms with E-state index in [1.807, 2.05) is 26.8 Å². The third kappa shape index (κ3) is 6.92. The zero-order chi connectivity index (χ0) is 19.0. The van der Waals surface area contributed by atoms with Gasteiger partial charge in [-0.3, -0.25) is 10.3 Å². The number of carbonyl (C=O) groups excluding carboxylic acids is 2.